The van der Waals surface area contributed by atoms with Crippen LogP contribution in [-0.2, 0) is 13.2 Å². The van der Waals surface area contributed by atoms with E-state index in [2.05, 4.69) is 5.10 Å². The molecule has 0 saturated heterocycles. The first-order chi connectivity index (χ1) is 6.54. The molecule has 4 nitrogen and oxygen atoms in total. The lowest BCUT2D eigenvalue weighted by molar-refractivity contribution is 0.224. The standard InChI is InChI=1S/C8H13F2N3O/c1-6(2)3-12-4-7(5-14)8(11-12)13(9)10/h4,6,14H,3,5H2,1-2H3. The molecule has 0 spiro atoms. The van der Waals surface area contributed by atoms with Gasteiger partial charge >= 0.3 is 0 Å². The van der Waals surface area contributed by atoms with Crippen LogP contribution in [0, 0.1) is 5.92 Å². The van der Waals surface area contributed by atoms with Crippen LogP contribution in [-0.4, -0.2) is 14.9 Å². The summed E-state index contributed by atoms with van der Waals surface area (Å²) in [5, 5.41) is 11.4. The Morgan fingerprint density at radius 1 is 1.57 bits per heavy atom. The van der Waals surface area contributed by atoms with Gasteiger partial charge in [0.05, 0.1) is 6.61 Å². The van der Waals surface area contributed by atoms with Crippen molar-refractivity contribution >= 4 is 5.82 Å². The highest BCUT2D eigenvalue weighted by molar-refractivity contribution is 5.40. The largest absolute Gasteiger partial charge is 0.391 e. The van der Waals surface area contributed by atoms with Gasteiger partial charge in [0.2, 0.25) is 5.82 Å². The third-order valence-electron chi connectivity index (χ3n) is 1.70. The van der Waals surface area contributed by atoms with E-state index in [0.29, 0.717) is 12.5 Å². The van der Waals surface area contributed by atoms with E-state index in [4.69, 9.17) is 5.11 Å². The number of halogens is 2. The van der Waals surface area contributed by atoms with Gasteiger partial charge in [-0.15, -0.1) is 5.10 Å². The number of aliphatic hydroxyl groups is 1. The summed E-state index contributed by atoms with van der Waals surface area (Å²) >= 11 is 0. The Hall–Kier alpha value is -1.17. The molecule has 0 saturated carbocycles. The van der Waals surface area contributed by atoms with Gasteiger partial charge in [-0.3, -0.25) is 4.68 Å². The molecule has 0 amide bonds. The predicted molar refractivity (Wildman–Crippen MR) is 47.7 cm³/mol. The molecule has 0 atom stereocenters. The fourth-order valence-corrected chi connectivity index (χ4v) is 1.17. The summed E-state index contributed by atoms with van der Waals surface area (Å²) in [6.45, 7) is 4.05. The number of aromatic nitrogens is 2. The molecular formula is C8H13F2N3O. The summed E-state index contributed by atoms with van der Waals surface area (Å²) in [4.78, 5) is 0. The van der Waals surface area contributed by atoms with Crippen LogP contribution < -0.4 is 5.34 Å². The molecule has 0 unspecified atom stereocenters. The SMILES string of the molecule is CC(C)Cn1cc(CO)c(N(F)F)n1. The molecule has 1 rings (SSSR count). The number of aliphatic hydroxyl groups excluding tert-OH is 1. The number of hydrogen-bond donors (Lipinski definition) is 1. The highest BCUT2D eigenvalue weighted by atomic mass is 19.4. The number of hydrogen-bond acceptors (Lipinski definition) is 3. The lowest BCUT2D eigenvalue weighted by Crippen LogP contribution is -2.06. The maximum atomic E-state index is 12.2. The van der Waals surface area contributed by atoms with E-state index in [0.717, 1.165) is 0 Å². The van der Waals surface area contributed by atoms with Crippen LogP contribution in [0.5, 0.6) is 0 Å². The zero-order valence-corrected chi connectivity index (χ0v) is 8.11. The molecule has 80 valence electrons. The van der Waals surface area contributed by atoms with Crippen molar-refractivity contribution in [1.29, 1.82) is 0 Å². The second-order valence-electron chi connectivity index (χ2n) is 3.48. The van der Waals surface area contributed by atoms with Crippen LogP contribution in [0.4, 0.5) is 14.8 Å². The van der Waals surface area contributed by atoms with E-state index in [1.807, 2.05) is 13.8 Å². The Morgan fingerprint density at radius 2 is 2.21 bits per heavy atom. The molecule has 0 radical (unpaired) electrons. The van der Waals surface area contributed by atoms with Gasteiger partial charge in [-0.1, -0.05) is 22.8 Å². The molecule has 0 aliphatic carbocycles. The third kappa shape index (κ3) is 2.41. The quantitative estimate of drug-likeness (QED) is 0.759. The molecule has 0 aliphatic heterocycles. The monoisotopic (exact) mass is 205 g/mol. The molecule has 14 heavy (non-hydrogen) atoms. The zero-order valence-electron chi connectivity index (χ0n) is 8.11. The van der Waals surface area contributed by atoms with Crippen molar-refractivity contribution in [1.82, 2.24) is 9.78 Å². The highest BCUT2D eigenvalue weighted by Gasteiger charge is 2.15. The first-order valence-corrected chi connectivity index (χ1v) is 4.33. The van der Waals surface area contributed by atoms with Crippen LogP contribution in [0.3, 0.4) is 0 Å². The number of rotatable bonds is 4. The molecule has 6 heteroatoms. The molecular weight excluding hydrogens is 192 g/mol. The average Bonchev–Trinajstić information content (AvgIpc) is 2.46. The highest BCUT2D eigenvalue weighted by Crippen LogP contribution is 2.19. The summed E-state index contributed by atoms with van der Waals surface area (Å²) in [5.41, 5.74) is 0.135. The average molecular weight is 205 g/mol. The van der Waals surface area contributed by atoms with Crippen molar-refractivity contribution in [3.05, 3.63) is 11.8 Å². The van der Waals surface area contributed by atoms with Crippen LogP contribution in [0.25, 0.3) is 0 Å². The first-order valence-electron chi connectivity index (χ1n) is 4.33. The minimum absolute atomic E-state index is 0.135. The van der Waals surface area contributed by atoms with Crippen molar-refractivity contribution in [3.8, 4) is 0 Å². The first kappa shape index (κ1) is 10.9. The Bertz CT molecular complexity index is 299. The summed E-state index contributed by atoms with van der Waals surface area (Å²) in [7, 11) is 0. The Labute approximate surface area is 80.6 Å². The summed E-state index contributed by atoms with van der Waals surface area (Å²) in [5.74, 6) is -0.157. The van der Waals surface area contributed by atoms with E-state index in [1.54, 1.807) is 0 Å². The minimum Gasteiger partial charge on any atom is -0.391 e. The van der Waals surface area contributed by atoms with Gasteiger partial charge in [-0.05, 0) is 11.3 Å². The fourth-order valence-electron chi connectivity index (χ4n) is 1.17. The molecule has 1 N–H and O–H groups in total. The van der Waals surface area contributed by atoms with Crippen molar-refractivity contribution in [2.45, 2.75) is 27.0 Å². The Morgan fingerprint density at radius 3 is 2.57 bits per heavy atom. The molecule has 1 heterocycles. The number of anilines is 1. The van der Waals surface area contributed by atoms with Gasteiger partial charge in [0.15, 0.2) is 0 Å². The predicted octanol–water partition coefficient (Wildman–Crippen LogP) is 1.61. The van der Waals surface area contributed by atoms with Gasteiger partial charge < -0.3 is 5.11 Å². The lowest BCUT2D eigenvalue weighted by atomic mass is 10.2. The van der Waals surface area contributed by atoms with Crippen LogP contribution >= 0.6 is 0 Å². The van der Waals surface area contributed by atoms with Crippen molar-refractivity contribution in [2.75, 3.05) is 5.34 Å². The topological polar surface area (TPSA) is 41.3 Å². The normalized spacial score (nSPS) is 11.0. The zero-order chi connectivity index (χ0) is 10.7. The maximum absolute atomic E-state index is 12.2. The van der Waals surface area contributed by atoms with Crippen LogP contribution in [0.15, 0.2) is 6.20 Å². The molecule has 0 aliphatic rings. The molecule has 1 aromatic heterocycles. The second-order valence-corrected chi connectivity index (χ2v) is 3.48. The van der Waals surface area contributed by atoms with Crippen molar-refractivity contribution < 1.29 is 14.1 Å². The van der Waals surface area contributed by atoms with E-state index < -0.39 is 17.8 Å². The lowest BCUT2D eigenvalue weighted by Gasteiger charge is -2.03. The molecule has 1 aromatic rings. The smallest absolute Gasteiger partial charge is 0.220 e. The molecule has 0 fully saturated rings. The summed E-state index contributed by atoms with van der Waals surface area (Å²) in [6.07, 6.45) is 1.43. The van der Waals surface area contributed by atoms with E-state index in [9.17, 15) is 8.96 Å². The van der Waals surface area contributed by atoms with Gasteiger partial charge in [-0.25, -0.2) is 0 Å². The fraction of sp³-hybridized carbons (Fsp3) is 0.625. The minimum atomic E-state index is -1.08. The van der Waals surface area contributed by atoms with E-state index >= 15 is 0 Å². The summed E-state index contributed by atoms with van der Waals surface area (Å²) in [6, 6.07) is 0. The van der Waals surface area contributed by atoms with E-state index in [-0.39, 0.29) is 5.56 Å². The summed E-state index contributed by atoms with van der Waals surface area (Å²) < 4.78 is 25.8. The molecule has 0 aromatic carbocycles. The second kappa shape index (κ2) is 4.36. The Kier molecular flexibility index (Phi) is 3.40. The maximum Gasteiger partial charge on any atom is 0.220 e. The van der Waals surface area contributed by atoms with Gasteiger partial charge in [0.1, 0.15) is 0 Å². The van der Waals surface area contributed by atoms with Crippen molar-refractivity contribution in [2.24, 2.45) is 5.92 Å². The number of nitrogens with zero attached hydrogens (tertiary/aromatic N) is 3. The Balaban J connectivity index is 2.89. The van der Waals surface area contributed by atoms with Gasteiger partial charge in [0, 0.05) is 18.3 Å². The van der Waals surface area contributed by atoms with E-state index in [1.165, 1.54) is 10.9 Å². The van der Waals surface area contributed by atoms with Crippen LogP contribution in [0.1, 0.15) is 19.4 Å². The van der Waals surface area contributed by atoms with Gasteiger partial charge in [-0.2, -0.15) is 0 Å². The molecule has 0 bridgehead atoms. The van der Waals surface area contributed by atoms with Crippen LogP contribution in [0.2, 0.25) is 0 Å². The van der Waals surface area contributed by atoms with Crippen molar-refractivity contribution in [3.63, 3.8) is 0 Å². The van der Waals surface area contributed by atoms with Gasteiger partial charge in [0.25, 0.3) is 0 Å². The third-order valence-corrected chi connectivity index (χ3v) is 1.70.